The van der Waals surface area contributed by atoms with E-state index in [-0.39, 0.29) is 21.4 Å². The zero-order chi connectivity index (χ0) is 21.7. The fourth-order valence-electron chi connectivity index (χ4n) is 3.05. The van der Waals surface area contributed by atoms with E-state index in [0.29, 0.717) is 18.7 Å². The topological polar surface area (TPSA) is 75.3 Å². The van der Waals surface area contributed by atoms with Gasteiger partial charge in [0.25, 0.3) is 15.9 Å². The maximum atomic E-state index is 12.9. The Bertz CT molecular complexity index is 1160. The fraction of sp³-hybridized carbons (Fsp3) is 0.174. The summed E-state index contributed by atoms with van der Waals surface area (Å²) in [7, 11) is -3.96. The first-order chi connectivity index (χ1) is 14.3. The van der Waals surface area contributed by atoms with E-state index in [0.717, 1.165) is 16.7 Å². The monoisotopic (exact) mass is 442 g/mol. The summed E-state index contributed by atoms with van der Waals surface area (Å²) in [4.78, 5) is 12.4. The normalized spacial score (nSPS) is 11.2. The molecule has 0 saturated carbocycles. The van der Waals surface area contributed by atoms with Crippen molar-refractivity contribution in [3.05, 3.63) is 94.0 Å². The number of nitrogens with one attached hydrogen (secondary N) is 2. The molecule has 0 saturated heterocycles. The molecule has 0 aromatic heterocycles. The first-order valence-electron chi connectivity index (χ1n) is 9.48. The van der Waals surface area contributed by atoms with Gasteiger partial charge in [-0.1, -0.05) is 59.6 Å². The first-order valence-corrected chi connectivity index (χ1v) is 11.3. The molecular weight excluding hydrogens is 420 g/mol. The van der Waals surface area contributed by atoms with Crippen LogP contribution in [-0.2, 0) is 16.4 Å². The highest BCUT2D eigenvalue weighted by Crippen LogP contribution is 2.26. The number of rotatable bonds is 7. The van der Waals surface area contributed by atoms with Crippen LogP contribution in [0.2, 0.25) is 5.02 Å². The summed E-state index contributed by atoms with van der Waals surface area (Å²) in [5.74, 6) is -0.356. The molecule has 0 spiro atoms. The van der Waals surface area contributed by atoms with Gasteiger partial charge in [0.2, 0.25) is 0 Å². The van der Waals surface area contributed by atoms with Crippen LogP contribution < -0.4 is 10.0 Å². The summed E-state index contributed by atoms with van der Waals surface area (Å²) >= 11 is 6.15. The van der Waals surface area contributed by atoms with Crippen molar-refractivity contribution in [2.45, 2.75) is 25.2 Å². The summed E-state index contributed by atoms with van der Waals surface area (Å²) in [5.41, 5.74) is 3.63. The van der Waals surface area contributed by atoms with Crippen LogP contribution in [0.4, 0.5) is 5.69 Å². The molecule has 5 nitrogen and oxygen atoms in total. The highest BCUT2D eigenvalue weighted by molar-refractivity contribution is 7.92. The van der Waals surface area contributed by atoms with Crippen LogP contribution in [-0.4, -0.2) is 20.9 Å². The minimum absolute atomic E-state index is 0.0492. The molecule has 156 valence electrons. The van der Waals surface area contributed by atoms with Crippen LogP contribution in [0.5, 0.6) is 0 Å². The Balaban J connectivity index is 1.75. The maximum absolute atomic E-state index is 12.9. The molecule has 0 aliphatic rings. The molecular formula is C23H23ClN2O3S. The van der Waals surface area contributed by atoms with E-state index in [1.807, 2.05) is 56.3 Å². The minimum atomic E-state index is -3.96. The van der Waals surface area contributed by atoms with E-state index < -0.39 is 10.0 Å². The number of sulfonamides is 1. The van der Waals surface area contributed by atoms with Crippen molar-refractivity contribution in [1.29, 1.82) is 0 Å². The smallest absolute Gasteiger partial charge is 0.263 e. The highest BCUT2D eigenvalue weighted by Gasteiger charge is 2.21. The number of halogens is 1. The molecule has 0 atom stereocenters. The summed E-state index contributed by atoms with van der Waals surface area (Å²) in [6.45, 7) is 4.19. The van der Waals surface area contributed by atoms with Gasteiger partial charge in [-0.3, -0.25) is 9.52 Å². The number of hydrogen-bond acceptors (Lipinski definition) is 3. The van der Waals surface area contributed by atoms with Gasteiger partial charge in [-0.05, 0) is 55.7 Å². The molecule has 1 amide bonds. The van der Waals surface area contributed by atoms with Crippen LogP contribution in [0.15, 0.2) is 71.6 Å². The van der Waals surface area contributed by atoms with Crippen LogP contribution in [0, 0.1) is 13.8 Å². The average molecular weight is 443 g/mol. The average Bonchev–Trinajstić information content (AvgIpc) is 2.71. The van der Waals surface area contributed by atoms with E-state index in [1.54, 1.807) is 6.07 Å². The van der Waals surface area contributed by atoms with Crippen LogP contribution >= 0.6 is 11.6 Å². The van der Waals surface area contributed by atoms with E-state index in [1.165, 1.54) is 18.2 Å². The summed E-state index contributed by atoms with van der Waals surface area (Å²) in [6.07, 6.45) is 0.680. The van der Waals surface area contributed by atoms with Crippen LogP contribution in [0.3, 0.4) is 0 Å². The Hall–Kier alpha value is -2.83. The quantitative estimate of drug-likeness (QED) is 0.555. The van der Waals surface area contributed by atoms with Crippen molar-refractivity contribution in [3.63, 3.8) is 0 Å². The zero-order valence-electron chi connectivity index (χ0n) is 16.8. The molecule has 0 unspecified atom stereocenters. The van der Waals surface area contributed by atoms with Crippen molar-refractivity contribution in [2.24, 2.45) is 0 Å². The number of hydrogen-bond donors (Lipinski definition) is 2. The van der Waals surface area contributed by atoms with Crippen LogP contribution in [0.1, 0.15) is 27.0 Å². The Kier molecular flexibility index (Phi) is 6.80. The van der Waals surface area contributed by atoms with Crippen molar-refractivity contribution in [2.75, 3.05) is 11.3 Å². The van der Waals surface area contributed by atoms with E-state index in [9.17, 15) is 13.2 Å². The van der Waals surface area contributed by atoms with Gasteiger partial charge in [-0.25, -0.2) is 8.42 Å². The standard InChI is InChI=1S/C23H23ClN2O3S/c1-16-8-11-21(17(2)14-16)26-30(28,29)22-15-19(9-10-20(22)24)23(27)25-13-12-18-6-4-3-5-7-18/h3-11,14-15,26H,12-13H2,1-2H3,(H,25,27). The predicted molar refractivity (Wildman–Crippen MR) is 121 cm³/mol. The van der Waals surface area contributed by atoms with Crippen molar-refractivity contribution < 1.29 is 13.2 Å². The van der Waals surface area contributed by atoms with Crippen molar-refractivity contribution in [3.8, 4) is 0 Å². The summed E-state index contributed by atoms with van der Waals surface area (Å²) in [5, 5.41) is 2.86. The molecule has 2 N–H and O–H groups in total. The van der Waals surface area contributed by atoms with Gasteiger partial charge >= 0.3 is 0 Å². The number of anilines is 1. The molecule has 0 bridgehead atoms. The molecule has 30 heavy (non-hydrogen) atoms. The van der Waals surface area contributed by atoms with Gasteiger partial charge in [0.15, 0.2) is 0 Å². The van der Waals surface area contributed by atoms with E-state index >= 15 is 0 Å². The molecule has 3 aromatic carbocycles. The number of aryl methyl sites for hydroxylation is 2. The molecule has 7 heteroatoms. The Morgan fingerprint density at radius 3 is 2.40 bits per heavy atom. The molecule has 3 rings (SSSR count). The Labute approximate surface area is 182 Å². The third kappa shape index (κ3) is 5.40. The van der Waals surface area contributed by atoms with Crippen LogP contribution in [0.25, 0.3) is 0 Å². The number of carbonyl (C=O) groups excluding carboxylic acids is 1. The van der Waals surface area contributed by atoms with Gasteiger partial charge in [0.05, 0.1) is 10.7 Å². The summed E-state index contributed by atoms with van der Waals surface area (Å²) in [6, 6.07) is 19.4. The Morgan fingerprint density at radius 1 is 0.967 bits per heavy atom. The lowest BCUT2D eigenvalue weighted by Gasteiger charge is -2.13. The van der Waals surface area contributed by atoms with Crippen molar-refractivity contribution >= 4 is 33.2 Å². The lowest BCUT2D eigenvalue weighted by atomic mass is 10.1. The second kappa shape index (κ2) is 9.32. The second-order valence-corrected chi connectivity index (χ2v) is 9.12. The van der Waals surface area contributed by atoms with Gasteiger partial charge < -0.3 is 5.32 Å². The predicted octanol–water partition coefficient (Wildman–Crippen LogP) is 4.73. The third-order valence-electron chi connectivity index (χ3n) is 4.65. The highest BCUT2D eigenvalue weighted by atomic mass is 35.5. The van der Waals surface area contributed by atoms with Gasteiger partial charge in [0, 0.05) is 12.1 Å². The second-order valence-electron chi connectivity index (χ2n) is 7.06. The zero-order valence-corrected chi connectivity index (χ0v) is 18.3. The Morgan fingerprint density at radius 2 is 1.70 bits per heavy atom. The molecule has 0 fully saturated rings. The third-order valence-corrected chi connectivity index (χ3v) is 6.50. The lowest BCUT2D eigenvalue weighted by molar-refractivity contribution is 0.0954. The first kappa shape index (κ1) is 21.9. The van der Waals surface area contributed by atoms with Gasteiger partial charge in [-0.2, -0.15) is 0 Å². The minimum Gasteiger partial charge on any atom is -0.352 e. The largest absolute Gasteiger partial charge is 0.352 e. The molecule has 0 radical (unpaired) electrons. The van der Waals surface area contributed by atoms with E-state index in [2.05, 4.69) is 10.0 Å². The van der Waals surface area contributed by atoms with Gasteiger partial charge in [-0.15, -0.1) is 0 Å². The van der Waals surface area contributed by atoms with Gasteiger partial charge in [0.1, 0.15) is 4.90 Å². The number of carbonyl (C=O) groups is 1. The SMILES string of the molecule is Cc1ccc(NS(=O)(=O)c2cc(C(=O)NCCc3ccccc3)ccc2Cl)c(C)c1. The number of benzene rings is 3. The molecule has 0 aliphatic heterocycles. The number of amides is 1. The fourth-order valence-corrected chi connectivity index (χ4v) is 4.70. The molecule has 3 aromatic rings. The maximum Gasteiger partial charge on any atom is 0.263 e. The molecule has 0 aliphatic carbocycles. The summed E-state index contributed by atoms with van der Waals surface area (Å²) < 4.78 is 28.4. The van der Waals surface area contributed by atoms with Crippen molar-refractivity contribution in [1.82, 2.24) is 5.32 Å². The van der Waals surface area contributed by atoms with E-state index in [4.69, 9.17) is 11.6 Å². The molecule has 0 heterocycles. The lowest BCUT2D eigenvalue weighted by Crippen LogP contribution is -2.26.